The van der Waals surface area contributed by atoms with E-state index >= 15 is 0 Å². The zero-order valence-corrected chi connectivity index (χ0v) is 23.8. The van der Waals surface area contributed by atoms with E-state index in [2.05, 4.69) is 10.2 Å². The molecule has 6 amide bonds. The van der Waals surface area contributed by atoms with Crippen LogP contribution in [0.1, 0.15) is 73.6 Å². The van der Waals surface area contributed by atoms with Gasteiger partial charge in [0, 0.05) is 57.8 Å². The Morgan fingerprint density at radius 1 is 0.878 bits per heavy atom. The standard InChI is InChI=1S/C29H37N5O7/c1-29(2,3)41-28(40)33-10-8-18(9-11-33)16-24(36)32-14-12-31(13-15-32)19-4-5-20-21(17-19)27(39)34(26(20)38)22-6-7-23(35)30-25(22)37/h4-5,17-18,22H,6-16H2,1-3H3,(H,30,35,37). The van der Waals surface area contributed by atoms with Gasteiger partial charge in [-0.25, -0.2) is 4.79 Å². The molecule has 12 nitrogen and oxygen atoms in total. The van der Waals surface area contributed by atoms with Gasteiger partial charge in [0.2, 0.25) is 17.7 Å². The maximum absolute atomic E-state index is 13.2. The summed E-state index contributed by atoms with van der Waals surface area (Å²) in [5.41, 5.74) is 0.731. The van der Waals surface area contributed by atoms with Gasteiger partial charge >= 0.3 is 6.09 Å². The van der Waals surface area contributed by atoms with Crippen molar-refractivity contribution >= 4 is 41.3 Å². The van der Waals surface area contributed by atoms with Crippen LogP contribution >= 0.6 is 0 Å². The molecular weight excluding hydrogens is 530 g/mol. The van der Waals surface area contributed by atoms with Crippen LogP contribution in [0.15, 0.2) is 18.2 Å². The topological polar surface area (TPSA) is 137 Å². The minimum absolute atomic E-state index is 0.0728. The number of amides is 6. The van der Waals surface area contributed by atoms with Crippen molar-refractivity contribution in [3.8, 4) is 0 Å². The summed E-state index contributed by atoms with van der Waals surface area (Å²) >= 11 is 0. The maximum Gasteiger partial charge on any atom is 0.410 e. The molecule has 4 aliphatic rings. The van der Waals surface area contributed by atoms with Crippen LogP contribution in [0.5, 0.6) is 0 Å². The molecule has 3 fully saturated rings. The molecule has 0 spiro atoms. The number of hydrogen-bond acceptors (Lipinski definition) is 8. The van der Waals surface area contributed by atoms with E-state index in [1.54, 1.807) is 23.1 Å². The number of anilines is 1. The highest BCUT2D eigenvalue weighted by molar-refractivity contribution is 6.23. The molecule has 5 rings (SSSR count). The van der Waals surface area contributed by atoms with E-state index in [0.717, 1.165) is 23.4 Å². The molecule has 0 radical (unpaired) electrons. The summed E-state index contributed by atoms with van der Waals surface area (Å²) < 4.78 is 5.45. The van der Waals surface area contributed by atoms with Crippen molar-refractivity contribution < 1.29 is 33.5 Å². The van der Waals surface area contributed by atoms with Crippen LogP contribution in [0.25, 0.3) is 0 Å². The van der Waals surface area contributed by atoms with Crippen molar-refractivity contribution in [2.45, 2.75) is 64.5 Å². The largest absolute Gasteiger partial charge is 0.444 e. The first-order valence-corrected chi connectivity index (χ1v) is 14.3. The number of hydrogen-bond donors (Lipinski definition) is 1. The van der Waals surface area contributed by atoms with Gasteiger partial charge in [-0.3, -0.25) is 34.2 Å². The average Bonchev–Trinajstić information content (AvgIpc) is 3.17. The molecule has 41 heavy (non-hydrogen) atoms. The Bertz CT molecular complexity index is 1270. The zero-order valence-electron chi connectivity index (χ0n) is 23.8. The highest BCUT2D eigenvalue weighted by Crippen LogP contribution is 2.31. The summed E-state index contributed by atoms with van der Waals surface area (Å²) in [5, 5.41) is 2.20. The van der Waals surface area contributed by atoms with Gasteiger partial charge in [0.25, 0.3) is 11.8 Å². The lowest BCUT2D eigenvalue weighted by atomic mass is 9.93. The molecule has 1 aromatic carbocycles. The molecule has 220 valence electrons. The summed E-state index contributed by atoms with van der Waals surface area (Å²) in [7, 11) is 0. The molecule has 0 aromatic heterocycles. The molecule has 4 heterocycles. The monoisotopic (exact) mass is 567 g/mol. The van der Waals surface area contributed by atoms with Crippen LogP contribution in [0.4, 0.5) is 10.5 Å². The summed E-state index contributed by atoms with van der Waals surface area (Å²) in [6.07, 6.45) is 1.87. The van der Waals surface area contributed by atoms with E-state index in [1.807, 2.05) is 25.7 Å². The average molecular weight is 568 g/mol. The van der Waals surface area contributed by atoms with Gasteiger partial charge in [-0.15, -0.1) is 0 Å². The number of ether oxygens (including phenoxy) is 1. The lowest BCUT2D eigenvalue weighted by molar-refractivity contribution is -0.136. The fourth-order valence-electron chi connectivity index (χ4n) is 5.89. The van der Waals surface area contributed by atoms with Crippen LogP contribution in [0.3, 0.4) is 0 Å². The fourth-order valence-corrected chi connectivity index (χ4v) is 5.89. The van der Waals surface area contributed by atoms with Gasteiger partial charge in [0.15, 0.2) is 0 Å². The highest BCUT2D eigenvalue weighted by Gasteiger charge is 2.45. The second-order valence-corrected chi connectivity index (χ2v) is 12.2. The Balaban J connectivity index is 1.13. The maximum atomic E-state index is 13.2. The SMILES string of the molecule is CC(C)(C)OC(=O)N1CCC(CC(=O)N2CCN(c3ccc4c(c3)C(=O)N(C3CCC(=O)NC3=O)C4=O)CC2)CC1. The zero-order chi connectivity index (χ0) is 29.5. The van der Waals surface area contributed by atoms with Crippen LogP contribution in [-0.4, -0.2) is 101 Å². The summed E-state index contributed by atoms with van der Waals surface area (Å²) in [6, 6.07) is 4.08. The molecule has 0 aliphatic carbocycles. The van der Waals surface area contributed by atoms with E-state index in [0.29, 0.717) is 45.7 Å². The van der Waals surface area contributed by atoms with Gasteiger partial charge in [0.05, 0.1) is 11.1 Å². The van der Waals surface area contributed by atoms with Gasteiger partial charge < -0.3 is 19.4 Å². The second-order valence-electron chi connectivity index (χ2n) is 12.2. The lowest BCUT2D eigenvalue weighted by Crippen LogP contribution is -2.54. The third-order valence-electron chi connectivity index (χ3n) is 8.15. The number of imide groups is 2. The Morgan fingerprint density at radius 2 is 1.54 bits per heavy atom. The van der Waals surface area contributed by atoms with Gasteiger partial charge in [-0.1, -0.05) is 0 Å². The fraction of sp³-hybridized carbons (Fsp3) is 0.586. The quantitative estimate of drug-likeness (QED) is 0.544. The van der Waals surface area contributed by atoms with Gasteiger partial charge in [-0.2, -0.15) is 0 Å². The van der Waals surface area contributed by atoms with Crippen molar-refractivity contribution in [1.82, 2.24) is 20.0 Å². The van der Waals surface area contributed by atoms with Crippen molar-refractivity contribution in [3.63, 3.8) is 0 Å². The van der Waals surface area contributed by atoms with Crippen molar-refractivity contribution in [3.05, 3.63) is 29.3 Å². The highest BCUT2D eigenvalue weighted by atomic mass is 16.6. The third kappa shape index (κ3) is 6.06. The lowest BCUT2D eigenvalue weighted by Gasteiger charge is -2.38. The summed E-state index contributed by atoms with van der Waals surface area (Å²) in [6.45, 7) is 8.96. The Hall–Kier alpha value is -3.96. The summed E-state index contributed by atoms with van der Waals surface area (Å²) in [4.78, 5) is 81.9. The normalized spacial score (nSPS) is 22.2. The number of nitrogens with zero attached hydrogens (tertiary/aromatic N) is 4. The Morgan fingerprint density at radius 3 is 2.17 bits per heavy atom. The molecule has 1 aromatic rings. The van der Waals surface area contributed by atoms with Crippen LogP contribution in [-0.2, 0) is 19.1 Å². The number of benzene rings is 1. The minimum atomic E-state index is -0.998. The Labute approximate surface area is 238 Å². The number of carbonyl (C=O) groups is 6. The molecule has 1 unspecified atom stereocenters. The molecule has 3 saturated heterocycles. The minimum Gasteiger partial charge on any atom is -0.444 e. The van der Waals surface area contributed by atoms with Crippen LogP contribution < -0.4 is 10.2 Å². The number of nitrogens with one attached hydrogen (secondary N) is 1. The second kappa shape index (κ2) is 11.1. The molecular formula is C29H37N5O7. The van der Waals surface area contributed by atoms with Crippen molar-refractivity contribution in [1.29, 1.82) is 0 Å². The molecule has 0 saturated carbocycles. The molecule has 0 bridgehead atoms. The number of carbonyl (C=O) groups excluding carboxylic acids is 6. The number of rotatable bonds is 4. The summed E-state index contributed by atoms with van der Waals surface area (Å²) in [5.74, 6) is -1.77. The number of piperazine rings is 1. The number of likely N-dealkylation sites (tertiary alicyclic amines) is 1. The van der Waals surface area contributed by atoms with E-state index in [9.17, 15) is 28.8 Å². The van der Waals surface area contributed by atoms with E-state index in [4.69, 9.17) is 4.74 Å². The predicted molar refractivity (Wildman–Crippen MR) is 147 cm³/mol. The number of piperidine rings is 2. The van der Waals surface area contributed by atoms with Crippen LogP contribution in [0.2, 0.25) is 0 Å². The van der Waals surface area contributed by atoms with Crippen molar-refractivity contribution in [2.24, 2.45) is 5.92 Å². The van der Waals surface area contributed by atoms with Gasteiger partial charge in [-0.05, 0) is 64.2 Å². The Kier molecular flexibility index (Phi) is 7.76. The molecule has 4 aliphatic heterocycles. The number of fused-ring (bicyclic) bond motifs is 1. The molecule has 12 heteroatoms. The third-order valence-corrected chi connectivity index (χ3v) is 8.15. The van der Waals surface area contributed by atoms with E-state index in [-0.39, 0.29) is 41.9 Å². The first-order valence-electron chi connectivity index (χ1n) is 14.3. The van der Waals surface area contributed by atoms with Crippen LogP contribution in [0, 0.1) is 5.92 Å². The molecule has 1 N–H and O–H groups in total. The smallest absolute Gasteiger partial charge is 0.410 e. The first kappa shape index (κ1) is 28.6. The molecule has 1 atom stereocenters. The van der Waals surface area contributed by atoms with E-state index in [1.165, 1.54) is 0 Å². The first-order chi connectivity index (χ1) is 19.4. The predicted octanol–water partition coefficient (Wildman–Crippen LogP) is 1.77. The van der Waals surface area contributed by atoms with Crippen molar-refractivity contribution in [2.75, 3.05) is 44.2 Å². The van der Waals surface area contributed by atoms with E-state index < -0.39 is 35.3 Å². The van der Waals surface area contributed by atoms with Gasteiger partial charge in [0.1, 0.15) is 11.6 Å².